The van der Waals surface area contributed by atoms with Crippen LogP contribution in [0.3, 0.4) is 0 Å². The molecule has 21 heavy (non-hydrogen) atoms. The van der Waals surface area contributed by atoms with Gasteiger partial charge in [-0.05, 0) is 67.8 Å². The monoisotopic (exact) mass is 628 g/mol. The third-order valence-corrected chi connectivity index (χ3v) is 5.69. The number of rotatable bonds is 3. The number of carbonyl (C=O) groups is 3. The molecule has 6 nitrogen and oxygen atoms in total. The van der Waals surface area contributed by atoms with Crippen LogP contribution in [-0.4, -0.2) is 41.9 Å². The Morgan fingerprint density at radius 2 is 1.48 bits per heavy atom. The average molecular weight is 628 g/mol. The van der Waals surface area contributed by atoms with Crippen molar-refractivity contribution in [2.24, 2.45) is 0 Å². The van der Waals surface area contributed by atoms with E-state index in [4.69, 9.17) is 0 Å². The van der Waals surface area contributed by atoms with E-state index in [0.29, 0.717) is 16.4 Å². The molecular formula is C12H11I3N2O4. The summed E-state index contributed by atoms with van der Waals surface area (Å²) >= 11 is 5.67. The Bertz CT molecular complexity index is 644. The highest BCUT2D eigenvalue weighted by molar-refractivity contribution is 14.1. The normalized spacial score (nSPS) is 10.2. The molecule has 0 aliphatic rings. The molecule has 0 radical (unpaired) electrons. The minimum Gasteiger partial charge on any atom is -0.478 e. The van der Waals surface area contributed by atoms with Gasteiger partial charge in [-0.25, -0.2) is 4.79 Å². The van der Waals surface area contributed by atoms with Gasteiger partial charge in [0, 0.05) is 24.6 Å². The quantitative estimate of drug-likeness (QED) is 0.505. The first-order chi connectivity index (χ1) is 9.59. The van der Waals surface area contributed by atoms with E-state index in [2.05, 4.69) is 5.32 Å². The molecule has 0 unspecified atom stereocenters. The highest BCUT2D eigenvalue weighted by Crippen LogP contribution is 2.36. The minimum absolute atomic E-state index is 0.0190. The highest BCUT2D eigenvalue weighted by Gasteiger charge is 2.28. The maximum Gasteiger partial charge on any atom is 0.337 e. The van der Waals surface area contributed by atoms with Gasteiger partial charge < -0.3 is 15.3 Å². The van der Waals surface area contributed by atoms with E-state index in [1.807, 2.05) is 67.8 Å². The maximum atomic E-state index is 12.3. The van der Waals surface area contributed by atoms with Gasteiger partial charge in [0.1, 0.15) is 0 Å². The van der Waals surface area contributed by atoms with E-state index in [1.165, 1.54) is 11.8 Å². The van der Waals surface area contributed by atoms with Crippen molar-refractivity contribution in [3.63, 3.8) is 0 Å². The maximum absolute atomic E-state index is 12.3. The Kier molecular flexibility index (Phi) is 6.64. The van der Waals surface area contributed by atoms with Crippen LogP contribution < -0.4 is 5.32 Å². The average Bonchev–Trinajstić information content (AvgIpc) is 2.33. The van der Waals surface area contributed by atoms with Gasteiger partial charge in [0.25, 0.3) is 5.91 Å². The number of halogens is 3. The number of carboxylic acid groups (broad SMARTS) is 1. The molecule has 0 atom stereocenters. The topological polar surface area (TPSA) is 86.7 Å². The molecule has 0 aromatic heterocycles. The van der Waals surface area contributed by atoms with Crippen LogP contribution in [0.5, 0.6) is 0 Å². The van der Waals surface area contributed by atoms with Crippen molar-refractivity contribution in [3.8, 4) is 0 Å². The van der Waals surface area contributed by atoms with Crippen molar-refractivity contribution >= 4 is 91.2 Å². The van der Waals surface area contributed by atoms with Crippen LogP contribution in [0.4, 0.5) is 5.69 Å². The first-order valence-corrected chi connectivity index (χ1v) is 8.76. The fraction of sp³-hybridized carbons (Fsp3) is 0.250. The van der Waals surface area contributed by atoms with Crippen molar-refractivity contribution in [1.82, 2.24) is 4.90 Å². The molecule has 0 bridgehead atoms. The number of hydrogen-bond acceptors (Lipinski definition) is 3. The Hall–Kier alpha value is -0.180. The number of aromatic carboxylic acids is 1. The van der Waals surface area contributed by atoms with Crippen LogP contribution in [-0.2, 0) is 4.79 Å². The Morgan fingerprint density at radius 1 is 1.00 bits per heavy atom. The number of benzene rings is 1. The molecule has 114 valence electrons. The number of anilines is 1. The third-order valence-electron chi connectivity index (χ3n) is 2.45. The Balaban J connectivity index is 3.80. The van der Waals surface area contributed by atoms with Crippen molar-refractivity contribution in [1.29, 1.82) is 0 Å². The van der Waals surface area contributed by atoms with Gasteiger partial charge in [0.15, 0.2) is 0 Å². The van der Waals surface area contributed by atoms with E-state index in [0.717, 1.165) is 0 Å². The molecule has 0 heterocycles. The summed E-state index contributed by atoms with van der Waals surface area (Å²) in [5.41, 5.74) is 0.653. The molecule has 1 aromatic carbocycles. The van der Waals surface area contributed by atoms with Crippen molar-refractivity contribution in [2.75, 3.05) is 19.4 Å². The smallest absolute Gasteiger partial charge is 0.337 e. The number of nitrogens with zero attached hydrogens (tertiary/aromatic N) is 1. The second kappa shape index (κ2) is 7.39. The van der Waals surface area contributed by atoms with Crippen LogP contribution in [0.1, 0.15) is 27.6 Å². The summed E-state index contributed by atoms with van der Waals surface area (Å²) in [6.07, 6.45) is 0. The summed E-state index contributed by atoms with van der Waals surface area (Å²) in [5.74, 6) is -1.78. The number of carboxylic acids is 1. The lowest BCUT2D eigenvalue weighted by molar-refractivity contribution is -0.114. The second-order valence-corrected chi connectivity index (χ2v) is 7.49. The lowest BCUT2D eigenvalue weighted by Gasteiger charge is -2.19. The van der Waals surface area contributed by atoms with Crippen molar-refractivity contribution in [2.45, 2.75) is 6.92 Å². The minimum atomic E-state index is -1.14. The summed E-state index contributed by atoms with van der Waals surface area (Å²) < 4.78 is 1.29. The van der Waals surface area contributed by atoms with E-state index in [-0.39, 0.29) is 22.9 Å². The molecule has 9 heteroatoms. The molecule has 1 rings (SSSR count). The fourth-order valence-corrected chi connectivity index (χ4v) is 5.91. The molecule has 2 N–H and O–H groups in total. The number of nitrogens with one attached hydrogen (secondary N) is 1. The Morgan fingerprint density at radius 3 is 1.86 bits per heavy atom. The second-order valence-electron chi connectivity index (χ2n) is 4.25. The molecule has 0 fully saturated rings. The molecule has 0 aliphatic heterocycles. The molecule has 2 amide bonds. The highest BCUT2D eigenvalue weighted by atomic mass is 127. The third kappa shape index (κ3) is 3.97. The van der Waals surface area contributed by atoms with Gasteiger partial charge in [-0.15, -0.1) is 0 Å². The van der Waals surface area contributed by atoms with Gasteiger partial charge in [0.2, 0.25) is 5.91 Å². The summed E-state index contributed by atoms with van der Waals surface area (Å²) in [6, 6.07) is 0. The van der Waals surface area contributed by atoms with Crippen LogP contribution in [0.25, 0.3) is 0 Å². The van der Waals surface area contributed by atoms with E-state index >= 15 is 0 Å². The number of carbonyl (C=O) groups excluding carboxylic acids is 2. The van der Waals surface area contributed by atoms with Crippen LogP contribution in [0, 0.1) is 10.7 Å². The first kappa shape index (κ1) is 18.9. The zero-order valence-electron chi connectivity index (χ0n) is 11.3. The van der Waals surface area contributed by atoms with Gasteiger partial charge in [0.05, 0.1) is 24.0 Å². The zero-order valence-corrected chi connectivity index (χ0v) is 17.7. The molecule has 0 saturated carbocycles. The fourth-order valence-electron chi connectivity index (χ4n) is 1.55. The molecule has 0 aliphatic carbocycles. The zero-order chi connectivity index (χ0) is 16.5. The van der Waals surface area contributed by atoms with Gasteiger partial charge >= 0.3 is 5.97 Å². The Labute approximate surface area is 162 Å². The predicted molar refractivity (Wildman–Crippen MR) is 104 cm³/mol. The largest absolute Gasteiger partial charge is 0.478 e. The molecule has 1 aromatic rings. The van der Waals surface area contributed by atoms with E-state index in [9.17, 15) is 19.5 Å². The van der Waals surface area contributed by atoms with Crippen LogP contribution in [0.15, 0.2) is 0 Å². The standard InChI is InChI=1S/C12H11I3N2O4/c1-4(18)16-10-8(14)5(11(19)17(2)3)7(13)6(9(10)15)12(20)21/h1-3H3,(H,16,18)(H,20,21). The van der Waals surface area contributed by atoms with E-state index in [1.54, 1.807) is 14.1 Å². The molecule has 0 saturated heterocycles. The summed E-state index contributed by atoms with van der Waals surface area (Å²) in [5, 5.41) is 12.0. The van der Waals surface area contributed by atoms with Gasteiger partial charge in [-0.1, -0.05) is 0 Å². The molecular weight excluding hydrogens is 617 g/mol. The van der Waals surface area contributed by atoms with Gasteiger partial charge in [-0.2, -0.15) is 0 Å². The summed E-state index contributed by atoms with van der Waals surface area (Å²) in [7, 11) is 3.18. The summed E-state index contributed by atoms with van der Waals surface area (Å²) in [6.45, 7) is 1.33. The summed E-state index contributed by atoms with van der Waals surface area (Å²) in [4.78, 5) is 36.5. The number of amides is 2. The first-order valence-electron chi connectivity index (χ1n) is 5.52. The SMILES string of the molecule is CC(=O)Nc1c(I)c(C(=O)O)c(I)c(C(=O)N(C)C)c1I. The van der Waals surface area contributed by atoms with Crippen LogP contribution >= 0.6 is 67.8 Å². The van der Waals surface area contributed by atoms with Crippen LogP contribution in [0.2, 0.25) is 0 Å². The number of hydrogen-bond donors (Lipinski definition) is 2. The van der Waals surface area contributed by atoms with E-state index < -0.39 is 5.97 Å². The molecule has 0 spiro atoms. The predicted octanol–water partition coefficient (Wildman–Crippen LogP) is 2.86. The van der Waals surface area contributed by atoms with Gasteiger partial charge in [-0.3, -0.25) is 9.59 Å². The van der Waals surface area contributed by atoms with Crippen molar-refractivity contribution in [3.05, 3.63) is 21.8 Å². The lowest BCUT2D eigenvalue weighted by atomic mass is 10.1. The van der Waals surface area contributed by atoms with Crippen molar-refractivity contribution < 1.29 is 19.5 Å². The lowest BCUT2D eigenvalue weighted by Crippen LogP contribution is -2.26.